The molecule has 8 nitrogen and oxygen atoms in total. The third kappa shape index (κ3) is 5.36. The zero-order valence-electron chi connectivity index (χ0n) is 17.3. The lowest BCUT2D eigenvalue weighted by molar-refractivity contribution is -0.386. The number of piperidine rings is 1. The Morgan fingerprint density at radius 2 is 2.07 bits per heavy atom. The number of carbonyl (C=O) groups excluding carboxylic acids is 2. The van der Waals surface area contributed by atoms with E-state index in [4.69, 9.17) is 10.5 Å². The fourth-order valence-corrected chi connectivity index (χ4v) is 4.98. The number of benzene rings is 1. The number of hydrogen-bond donors (Lipinski definition) is 2. The highest BCUT2D eigenvalue weighted by atomic mass is 16.6. The van der Waals surface area contributed by atoms with E-state index < -0.39 is 4.92 Å². The van der Waals surface area contributed by atoms with Crippen LogP contribution in [-0.4, -0.2) is 35.8 Å². The van der Waals surface area contributed by atoms with Gasteiger partial charge in [-0.15, -0.1) is 0 Å². The maximum Gasteiger partial charge on any atom is 0.321 e. The quantitative estimate of drug-likeness (QED) is 0.260. The van der Waals surface area contributed by atoms with Gasteiger partial charge < -0.3 is 15.8 Å². The van der Waals surface area contributed by atoms with Crippen LogP contribution in [0.2, 0.25) is 0 Å². The Kier molecular flexibility index (Phi) is 7.79. The van der Waals surface area contributed by atoms with Crippen LogP contribution in [0.4, 0.5) is 5.69 Å². The number of nitrogens with two attached hydrogens (primary N) is 1. The number of unbranched alkanes of at least 4 members (excludes halogenated alkanes) is 1. The Hall–Kier alpha value is -2.48. The van der Waals surface area contributed by atoms with Gasteiger partial charge in [-0.1, -0.05) is 18.9 Å². The van der Waals surface area contributed by atoms with Gasteiger partial charge in [0.25, 0.3) is 0 Å². The highest BCUT2D eigenvalue weighted by molar-refractivity contribution is 5.83. The first-order chi connectivity index (χ1) is 14.5. The summed E-state index contributed by atoms with van der Waals surface area (Å²) in [5.41, 5.74) is 5.39. The molecule has 1 aromatic rings. The topological polar surface area (TPSA) is 125 Å². The predicted octanol–water partition coefficient (Wildman–Crippen LogP) is 3.37. The van der Waals surface area contributed by atoms with Crippen molar-refractivity contribution in [3.8, 4) is 5.75 Å². The van der Waals surface area contributed by atoms with Crippen molar-refractivity contribution >= 4 is 17.9 Å². The number of hydrogen-bond acceptors (Lipinski definition) is 6. The molecule has 1 aliphatic heterocycles. The molecule has 1 saturated carbocycles. The van der Waals surface area contributed by atoms with E-state index in [-0.39, 0.29) is 41.5 Å². The van der Waals surface area contributed by atoms with Gasteiger partial charge in [-0.2, -0.15) is 0 Å². The van der Waals surface area contributed by atoms with E-state index in [0.29, 0.717) is 25.2 Å². The molecule has 8 heteroatoms. The van der Waals surface area contributed by atoms with Crippen molar-refractivity contribution in [2.24, 2.45) is 17.6 Å². The Balaban J connectivity index is 1.48. The number of aldehydes is 1. The second-order valence-corrected chi connectivity index (χ2v) is 8.42. The van der Waals surface area contributed by atoms with Gasteiger partial charge in [-0.25, -0.2) is 0 Å². The van der Waals surface area contributed by atoms with Crippen LogP contribution in [0.15, 0.2) is 18.2 Å². The van der Waals surface area contributed by atoms with Crippen molar-refractivity contribution < 1.29 is 19.2 Å². The van der Waals surface area contributed by atoms with Crippen LogP contribution in [0.5, 0.6) is 5.75 Å². The average Bonchev–Trinajstić information content (AvgIpc) is 2.75. The first-order valence-electron chi connectivity index (χ1n) is 10.9. The van der Waals surface area contributed by atoms with Crippen LogP contribution < -0.4 is 15.8 Å². The number of para-hydroxylation sites is 1. The largest absolute Gasteiger partial charge is 0.487 e. The Morgan fingerprint density at radius 3 is 2.80 bits per heavy atom. The Bertz CT molecular complexity index is 769. The van der Waals surface area contributed by atoms with Crippen molar-refractivity contribution in [2.45, 2.75) is 69.9 Å². The van der Waals surface area contributed by atoms with Gasteiger partial charge in [-0.3, -0.25) is 19.7 Å². The Morgan fingerprint density at radius 1 is 1.27 bits per heavy atom. The number of fused-ring (bicyclic) bond motifs is 1. The van der Waals surface area contributed by atoms with Gasteiger partial charge >= 0.3 is 5.69 Å². The molecule has 30 heavy (non-hydrogen) atoms. The lowest BCUT2D eigenvalue weighted by atomic mass is 9.75. The second kappa shape index (κ2) is 10.5. The van der Waals surface area contributed by atoms with Crippen LogP contribution in [-0.2, 0) is 4.79 Å². The number of nitro groups is 1. The summed E-state index contributed by atoms with van der Waals surface area (Å²) >= 11 is 0. The molecular weight excluding hydrogens is 386 g/mol. The molecule has 0 spiro atoms. The molecule has 0 aromatic heterocycles. The second-order valence-electron chi connectivity index (χ2n) is 8.42. The third-order valence-corrected chi connectivity index (χ3v) is 6.54. The normalized spacial score (nSPS) is 24.5. The van der Waals surface area contributed by atoms with Crippen LogP contribution in [0.25, 0.3) is 0 Å². The summed E-state index contributed by atoms with van der Waals surface area (Å²) in [5, 5.41) is 14.9. The molecule has 1 aromatic carbocycles. The predicted molar refractivity (Wildman–Crippen MR) is 112 cm³/mol. The highest BCUT2D eigenvalue weighted by Crippen LogP contribution is 2.35. The van der Waals surface area contributed by atoms with E-state index in [1.54, 1.807) is 6.07 Å². The monoisotopic (exact) mass is 417 g/mol. The average molecular weight is 418 g/mol. The number of nitrogens with one attached hydrogen (secondary N) is 1. The number of ether oxygens (including phenoxy) is 1. The summed E-state index contributed by atoms with van der Waals surface area (Å²) in [7, 11) is 0. The van der Waals surface area contributed by atoms with E-state index in [2.05, 4.69) is 5.32 Å². The fourth-order valence-electron chi connectivity index (χ4n) is 4.98. The first kappa shape index (κ1) is 22.2. The minimum absolute atomic E-state index is 0.00400. The summed E-state index contributed by atoms with van der Waals surface area (Å²) in [5.74, 6) is 0.348. The smallest absolute Gasteiger partial charge is 0.321 e. The van der Waals surface area contributed by atoms with E-state index in [1.807, 2.05) is 0 Å². The summed E-state index contributed by atoms with van der Waals surface area (Å²) in [6.07, 6.45) is 9.66. The molecule has 1 heterocycles. The van der Waals surface area contributed by atoms with Gasteiger partial charge in [-0.05, 0) is 63.0 Å². The van der Waals surface area contributed by atoms with Crippen LogP contribution in [0.3, 0.4) is 0 Å². The molecule has 0 radical (unpaired) electrons. The fraction of sp³-hybridized carbons (Fsp3) is 0.636. The molecule has 1 saturated heterocycles. The highest BCUT2D eigenvalue weighted by Gasteiger charge is 2.36. The van der Waals surface area contributed by atoms with Crippen molar-refractivity contribution in [2.75, 3.05) is 6.61 Å². The van der Waals surface area contributed by atoms with Crippen LogP contribution >= 0.6 is 0 Å². The van der Waals surface area contributed by atoms with Crippen molar-refractivity contribution in [1.82, 2.24) is 5.32 Å². The maximum absolute atomic E-state index is 12.1. The lowest BCUT2D eigenvalue weighted by Gasteiger charge is -2.42. The molecule has 3 rings (SSSR count). The van der Waals surface area contributed by atoms with Gasteiger partial charge in [0, 0.05) is 12.1 Å². The summed E-state index contributed by atoms with van der Waals surface area (Å²) in [4.78, 5) is 33.7. The van der Waals surface area contributed by atoms with Crippen molar-refractivity contribution in [3.05, 3.63) is 33.9 Å². The van der Waals surface area contributed by atoms with E-state index in [1.165, 1.54) is 37.8 Å². The van der Waals surface area contributed by atoms with Gasteiger partial charge in [0.1, 0.15) is 0 Å². The van der Waals surface area contributed by atoms with Crippen LogP contribution in [0, 0.1) is 22.0 Å². The summed E-state index contributed by atoms with van der Waals surface area (Å²) in [6, 6.07) is 5.08. The maximum atomic E-state index is 12.1. The number of primary amides is 1. The van der Waals surface area contributed by atoms with Gasteiger partial charge in [0.2, 0.25) is 5.91 Å². The number of nitrogens with zero attached hydrogens (tertiary/aromatic N) is 1. The number of nitro benzene ring substituents is 1. The Labute approximate surface area is 176 Å². The van der Waals surface area contributed by atoms with Crippen molar-refractivity contribution in [1.29, 1.82) is 0 Å². The molecular formula is C22H31N3O5. The van der Waals surface area contributed by atoms with E-state index >= 15 is 0 Å². The first-order valence-corrected chi connectivity index (χ1v) is 10.9. The van der Waals surface area contributed by atoms with Crippen LogP contribution in [0.1, 0.15) is 68.1 Å². The molecule has 2 fully saturated rings. The molecule has 3 N–H and O–H groups in total. The van der Waals surface area contributed by atoms with Gasteiger partial charge in [0.05, 0.1) is 23.0 Å². The minimum atomic E-state index is -0.602. The lowest BCUT2D eigenvalue weighted by Crippen LogP contribution is -2.54. The van der Waals surface area contributed by atoms with E-state index in [9.17, 15) is 19.7 Å². The van der Waals surface area contributed by atoms with Gasteiger partial charge in [0.15, 0.2) is 12.0 Å². The van der Waals surface area contributed by atoms with Crippen molar-refractivity contribution in [3.63, 3.8) is 0 Å². The standard InChI is InChI=1S/C22H31N3O5/c23-22(27)17(19-12-11-15-6-1-2-9-18(15)24-19)8-3-4-13-30-20-10-5-7-16(14-26)21(20)25(28)29/h5,7,10,14-15,17-19,24H,1-4,6,8-9,11-13H2,(H2,23,27). The third-order valence-electron chi connectivity index (χ3n) is 6.54. The molecule has 2 aliphatic rings. The SMILES string of the molecule is NC(=O)C(CCCCOc1cccc(C=O)c1[N+](=O)[O-])C1CCC2CCCCC2N1. The molecule has 4 unspecified atom stereocenters. The molecule has 0 bridgehead atoms. The summed E-state index contributed by atoms with van der Waals surface area (Å²) < 4.78 is 5.57. The number of amides is 1. The molecule has 164 valence electrons. The molecule has 1 amide bonds. The van der Waals surface area contributed by atoms with E-state index in [0.717, 1.165) is 25.2 Å². The molecule has 1 aliphatic carbocycles. The zero-order valence-corrected chi connectivity index (χ0v) is 17.3. The minimum Gasteiger partial charge on any atom is -0.487 e. The number of rotatable bonds is 10. The molecule has 4 atom stereocenters. The zero-order chi connectivity index (χ0) is 21.5. The number of carbonyl (C=O) groups is 2. The summed E-state index contributed by atoms with van der Waals surface area (Å²) in [6.45, 7) is 0.275.